The van der Waals surface area contributed by atoms with E-state index >= 15 is 0 Å². The van der Waals surface area contributed by atoms with Crippen molar-refractivity contribution < 1.29 is 0 Å². The first kappa shape index (κ1) is 17.6. The molecule has 5 rings (SSSR count). The molecule has 3 heterocycles. The summed E-state index contributed by atoms with van der Waals surface area (Å²) in [6, 6.07) is 19.1. The van der Waals surface area contributed by atoms with Gasteiger partial charge in [0, 0.05) is 15.9 Å². The molecule has 1 aliphatic heterocycles. The molecule has 28 heavy (non-hydrogen) atoms. The van der Waals surface area contributed by atoms with Gasteiger partial charge in [-0.25, -0.2) is 0 Å². The van der Waals surface area contributed by atoms with Gasteiger partial charge in [-0.15, -0.1) is 11.8 Å². The number of rotatable bonds is 3. The van der Waals surface area contributed by atoms with E-state index in [9.17, 15) is 4.79 Å². The van der Waals surface area contributed by atoms with Crippen LogP contribution < -0.4 is 5.56 Å². The summed E-state index contributed by atoms with van der Waals surface area (Å²) in [6.45, 7) is 2.10. The molecule has 0 unspecified atom stereocenters. The fraction of sp³-hybridized carbons (Fsp3) is 0.190. The van der Waals surface area contributed by atoms with E-state index in [1.807, 2.05) is 17.8 Å². The molecule has 0 amide bonds. The van der Waals surface area contributed by atoms with E-state index in [0.29, 0.717) is 10.6 Å². The molecule has 5 nitrogen and oxygen atoms in total. The van der Waals surface area contributed by atoms with Crippen LogP contribution in [-0.2, 0) is 0 Å². The van der Waals surface area contributed by atoms with Crippen molar-refractivity contribution in [1.82, 2.24) is 19.7 Å². The van der Waals surface area contributed by atoms with Crippen molar-refractivity contribution in [3.05, 3.63) is 82.3 Å². The molecule has 0 radical (unpaired) electrons. The SMILES string of the molecule is Cc1ccc(S[C@@H]2CSc3nc(=O)c4cn[nH]c4n3[C@@H]2c2ccccc2)cc1. The summed E-state index contributed by atoms with van der Waals surface area (Å²) in [5.74, 6) is 0.879. The van der Waals surface area contributed by atoms with Gasteiger partial charge in [-0.1, -0.05) is 59.8 Å². The Morgan fingerprint density at radius 1 is 1.14 bits per heavy atom. The molecule has 2 aromatic heterocycles. The third-order valence-corrected chi connectivity index (χ3v) is 7.50. The van der Waals surface area contributed by atoms with E-state index < -0.39 is 0 Å². The fourth-order valence-electron chi connectivity index (χ4n) is 3.59. The number of benzene rings is 2. The maximum atomic E-state index is 12.4. The van der Waals surface area contributed by atoms with Crippen molar-refractivity contribution in [3.8, 4) is 0 Å². The van der Waals surface area contributed by atoms with Gasteiger partial charge in [-0.2, -0.15) is 10.1 Å². The topological polar surface area (TPSA) is 63.6 Å². The molecule has 0 fully saturated rings. The molecule has 0 spiro atoms. The van der Waals surface area contributed by atoms with Crippen LogP contribution in [0.1, 0.15) is 17.2 Å². The van der Waals surface area contributed by atoms with Crippen LogP contribution >= 0.6 is 23.5 Å². The van der Waals surface area contributed by atoms with E-state index in [1.54, 1.807) is 18.0 Å². The van der Waals surface area contributed by atoms with Crippen LogP contribution in [0.4, 0.5) is 0 Å². The normalized spacial score (nSPS) is 18.9. The average molecular weight is 407 g/mol. The average Bonchev–Trinajstić information content (AvgIpc) is 3.21. The number of hydrogen-bond acceptors (Lipinski definition) is 5. The Morgan fingerprint density at radius 2 is 1.93 bits per heavy atom. The summed E-state index contributed by atoms with van der Waals surface area (Å²) in [7, 11) is 0. The quantitative estimate of drug-likeness (QED) is 0.515. The predicted molar refractivity (Wildman–Crippen MR) is 114 cm³/mol. The van der Waals surface area contributed by atoms with Gasteiger partial charge < -0.3 is 0 Å². The van der Waals surface area contributed by atoms with Crippen molar-refractivity contribution in [3.63, 3.8) is 0 Å². The van der Waals surface area contributed by atoms with E-state index in [0.717, 1.165) is 16.6 Å². The zero-order valence-corrected chi connectivity index (χ0v) is 16.8. The molecule has 0 aliphatic carbocycles. The monoisotopic (exact) mass is 406 g/mol. The minimum atomic E-state index is -0.223. The third-order valence-electron chi connectivity index (χ3n) is 4.95. The standard InChI is InChI=1S/C21H18N4OS2/c1-13-7-9-15(10-8-13)28-17-12-27-21-23-20(26)16-11-22-24-19(16)25(21)18(17)14-5-3-2-4-6-14/h2-11,17-18H,12H2,1H3,(H,22,24)/t17-,18-/m1/s1. The lowest BCUT2D eigenvalue weighted by atomic mass is 10.0. The number of hydrogen-bond donors (Lipinski definition) is 1. The summed E-state index contributed by atoms with van der Waals surface area (Å²) in [6.07, 6.45) is 1.57. The number of thioether (sulfide) groups is 2. The highest BCUT2D eigenvalue weighted by molar-refractivity contribution is 8.03. The van der Waals surface area contributed by atoms with Crippen molar-refractivity contribution >= 4 is 34.6 Å². The summed E-state index contributed by atoms with van der Waals surface area (Å²) in [5.41, 5.74) is 2.98. The van der Waals surface area contributed by atoms with Crippen LogP contribution in [0.5, 0.6) is 0 Å². The van der Waals surface area contributed by atoms with Crippen LogP contribution in [0.3, 0.4) is 0 Å². The van der Waals surface area contributed by atoms with E-state index in [-0.39, 0.29) is 11.6 Å². The molecule has 1 N–H and O–H groups in total. The highest BCUT2D eigenvalue weighted by Crippen LogP contribution is 2.43. The molecule has 0 bridgehead atoms. The van der Waals surface area contributed by atoms with Gasteiger partial charge in [0.1, 0.15) is 11.0 Å². The second kappa shape index (κ2) is 7.14. The van der Waals surface area contributed by atoms with Crippen molar-refractivity contribution in [2.75, 3.05) is 5.75 Å². The Bertz CT molecular complexity index is 1180. The van der Waals surface area contributed by atoms with Gasteiger partial charge in [0.15, 0.2) is 5.16 Å². The van der Waals surface area contributed by atoms with Crippen molar-refractivity contribution in [1.29, 1.82) is 0 Å². The maximum Gasteiger partial charge on any atom is 0.284 e. The Hall–Kier alpha value is -2.51. The Labute approximate surface area is 170 Å². The van der Waals surface area contributed by atoms with Gasteiger partial charge in [-0.3, -0.25) is 14.5 Å². The van der Waals surface area contributed by atoms with Crippen LogP contribution in [-0.4, -0.2) is 30.8 Å². The molecular weight excluding hydrogens is 388 g/mol. The fourth-order valence-corrected chi connectivity index (χ4v) is 6.11. The Kier molecular flexibility index (Phi) is 4.49. The third kappa shape index (κ3) is 3.04. The van der Waals surface area contributed by atoms with E-state index in [1.165, 1.54) is 16.0 Å². The minimum Gasteiger partial charge on any atom is -0.296 e. The summed E-state index contributed by atoms with van der Waals surface area (Å²) in [4.78, 5) is 17.9. The smallest absolute Gasteiger partial charge is 0.284 e. The minimum absolute atomic E-state index is 0.0554. The number of aromatic amines is 1. The highest BCUT2D eigenvalue weighted by Gasteiger charge is 2.34. The molecule has 7 heteroatoms. The molecule has 2 atom stereocenters. The molecule has 2 aromatic carbocycles. The lowest BCUT2D eigenvalue weighted by molar-refractivity contribution is 0.519. The first-order valence-electron chi connectivity index (χ1n) is 9.07. The van der Waals surface area contributed by atoms with Gasteiger partial charge >= 0.3 is 0 Å². The van der Waals surface area contributed by atoms with Crippen LogP contribution in [0.2, 0.25) is 0 Å². The van der Waals surface area contributed by atoms with Gasteiger partial charge in [0.25, 0.3) is 5.56 Å². The highest BCUT2D eigenvalue weighted by atomic mass is 32.2. The van der Waals surface area contributed by atoms with Gasteiger partial charge in [-0.05, 0) is 24.6 Å². The number of fused-ring (bicyclic) bond motifs is 3. The number of nitrogens with zero attached hydrogens (tertiary/aromatic N) is 3. The molecule has 4 aromatic rings. The largest absolute Gasteiger partial charge is 0.296 e. The predicted octanol–water partition coefficient (Wildman–Crippen LogP) is 4.28. The van der Waals surface area contributed by atoms with E-state index in [2.05, 4.69) is 75.2 Å². The van der Waals surface area contributed by atoms with E-state index in [4.69, 9.17) is 0 Å². The first-order valence-corrected chi connectivity index (χ1v) is 10.9. The maximum absolute atomic E-state index is 12.4. The molecule has 140 valence electrons. The molecular formula is C21H18N4OS2. The van der Waals surface area contributed by atoms with Crippen LogP contribution in [0.15, 0.2) is 75.6 Å². The van der Waals surface area contributed by atoms with Crippen LogP contribution in [0, 0.1) is 6.92 Å². The van der Waals surface area contributed by atoms with Crippen molar-refractivity contribution in [2.45, 2.75) is 28.3 Å². The summed E-state index contributed by atoms with van der Waals surface area (Å²) < 4.78 is 2.15. The first-order chi connectivity index (χ1) is 13.7. The lowest BCUT2D eigenvalue weighted by Gasteiger charge is -2.34. The second-order valence-electron chi connectivity index (χ2n) is 6.84. The van der Waals surface area contributed by atoms with Gasteiger partial charge in [0.2, 0.25) is 0 Å². The lowest BCUT2D eigenvalue weighted by Crippen LogP contribution is -2.33. The number of aromatic nitrogens is 4. The van der Waals surface area contributed by atoms with Crippen molar-refractivity contribution in [2.24, 2.45) is 0 Å². The second-order valence-corrected chi connectivity index (χ2v) is 9.14. The Balaban J connectivity index is 1.66. The number of H-pyrrole nitrogens is 1. The number of aryl methyl sites for hydroxylation is 1. The Morgan fingerprint density at radius 3 is 2.71 bits per heavy atom. The zero-order valence-electron chi connectivity index (χ0n) is 15.2. The molecule has 1 aliphatic rings. The molecule has 0 saturated heterocycles. The van der Waals surface area contributed by atoms with Crippen LogP contribution in [0.25, 0.3) is 11.0 Å². The number of nitrogens with one attached hydrogen (secondary N) is 1. The van der Waals surface area contributed by atoms with Gasteiger partial charge in [0.05, 0.1) is 12.2 Å². The zero-order chi connectivity index (χ0) is 19.1. The molecule has 0 saturated carbocycles. The summed E-state index contributed by atoms with van der Waals surface area (Å²) in [5, 5.41) is 8.72. The summed E-state index contributed by atoms with van der Waals surface area (Å²) >= 11 is 3.51.